The lowest BCUT2D eigenvalue weighted by Crippen LogP contribution is -2.13. The predicted molar refractivity (Wildman–Crippen MR) is 66.2 cm³/mol. The van der Waals surface area contributed by atoms with E-state index in [-0.39, 0.29) is 5.56 Å². The zero-order valence-corrected chi connectivity index (χ0v) is 9.73. The van der Waals surface area contributed by atoms with Crippen molar-refractivity contribution in [3.05, 3.63) is 62.3 Å². The Morgan fingerprint density at radius 2 is 2.19 bits per heavy atom. The summed E-state index contributed by atoms with van der Waals surface area (Å²) in [7, 11) is 0. The average molecular weight is 232 g/mol. The van der Waals surface area contributed by atoms with Crippen LogP contribution in [-0.4, -0.2) is 9.97 Å². The molecule has 0 spiro atoms. The van der Waals surface area contributed by atoms with Crippen molar-refractivity contribution in [2.75, 3.05) is 0 Å². The molecule has 0 atom stereocenters. The Kier molecular flexibility index (Phi) is 3.01. The summed E-state index contributed by atoms with van der Waals surface area (Å²) >= 11 is 4.83. The van der Waals surface area contributed by atoms with Crippen LogP contribution in [-0.2, 0) is 6.42 Å². The highest BCUT2D eigenvalue weighted by Crippen LogP contribution is 2.07. The Hall–Kier alpha value is -1.68. The SMILES string of the molecule is Cc1cccc(Cc2c[nH]c(=S)[nH]c2=O)c1. The quantitative estimate of drug-likeness (QED) is 0.781. The molecule has 0 fully saturated rings. The van der Waals surface area contributed by atoms with Gasteiger partial charge in [0.25, 0.3) is 5.56 Å². The fourth-order valence-corrected chi connectivity index (χ4v) is 1.76. The van der Waals surface area contributed by atoms with Gasteiger partial charge >= 0.3 is 0 Å². The maximum absolute atomic E-state index is 11.6. The lowest BCUT2D eigenvalue weighted by Gasteiger charge is -2.01. The van der Waals surface area contributed by atoms with Crippen molar-refractivity contribution in [3.63, 3.8) is 0 Å². The first-order chi connectivity index (χ1) is 7.65. The van der Waals surface area contributed by atoms with Crippen LogP contribution in [0, 0.1) is 11.7 Å². The highest BCUT2D eigenvalue weighted by molar-refractivity contribution is 7.71. The van der Waals surface area contributed by atoms with E-state index in [9.17, 15) is 4.79 Å². The molecule has 4 heteroatoms. The van der Waals surface area contributed by atoms with E-state index >= 15 is 0 Å². The fraction of sp³-hybridized carbons (Fsp3) is 0.167. The molecule has 0 saturated carbocycles. The summed E-state index contributed by atoms with van der Waals surface area (Å²) in [6.45, 7) is 2.03. The Bertz CT molecular complexity index is 613. The number of H-pyrrole nitrogens is 2. The molecule has 2 aromatic rings. The Morgan fingerprint density at radius 1 is 1.38 bits per heavy atom. The summed E-state index contributed by atoms with van der Waals surface area (Å²) in [5.41, 5.74) is 2.89. The number of rotatable bonds is 2. The van der Waals surface area contributed by atoms with E-state index in [4.69, 9.17) is 12.2 Å². The number of aryl methyl sites for hydroxylation is 1. The van der Waals surface area contributed by atoms with Crippen LogP contribution in [0.1, 0.15) is 16.7 Å². The second-order valence-electron chi connectivity index (χ2n) is 3.76. The van der Waals surface area contributed by atoms with Gasteiger partial charge in [0.2, 0.25) is 0 Å². The van der Waals surface area contributed by atoms with Crippen molar-refractivity contribution in [2.24, 2.45) is 0 Å². The maximum Gasteiger partial charge on any atom is 0.255 e. The van der Waals surface area contributed by atoms with Gasteiger partial charge in [-0.1, -0.05) is 29.8 Å². The third-order valence-electron chi connectivity index (χ3n) is 2.37. The molecule has 1 aromatic carbocycles. The van der Waals surface area contributed by atoms with Crippen molar-refractivity contribution < 1.29 is 0 Å². The van der Waals surface area contributed by atoms with Crippen molar-refractivity contribution in [2.45, 2.75) is 13.3 Å². The number of nitrogens with one attached hydrogen (secondary N) is 2. The van der Waals surface area contributed by atoms with Gasteiger partial charge in [0.05, 0.1) is 0 Å². The van der Waals surface area contributed by atoms with Gasteiger partial charge in [-0.3, -0.25) is 9.78 Å². The minimum absolute atomic E-state index is 0.120. The Balaban J connectivity index is 2.34. The van der Waals surface area contributed by atoms with Gasteiger partial charge < -0.3 is 4.98 Å². The number of aromatic amines is 2. The van der Waals surface area contributed by atoms with E-state index in [1.807, 2.05) is 25.1 Å². The average Bonchev–Trinajstić information content (AvgIpc) is 2.22. The first-order valence-electron chi connectivity index (χ1n) is 5.01. The molecule has 0 aliphatic rings. The molecule has 0 aliphatic carbocycles. The zero-order valence-electron chi connectivity index (χ0n) is 8.91. The molecule has 2 N–H and O–H groups in total. The molecule has 82 valence electrons. The molecular formula is C12H12N2OS. The lowest BCUT2D eigenvalue weighted by atomic mass is 10.1. The third-order valence-corrected chi connectivity index (χ3v) is 2.59. The first kappa shape index (κ1) is 10.8. The predicted octanol–water partition coefficient (Wildman–Crippen LogP) is 2.33. The van der Waals surface area contributed by atoms with Gasteiger partial charge in [0.1, 0.15) is 0 Å². The number of aromatic nitrogens is 2. The first-order valence-corrected chi connectivity index (χ1v) is 5.42. The van der Waals surface area contributed by atoms with E-state index in [0.29, 0.717) is 16.8 Å². The summed E-state index contributed by atoms with van der Waals surface area (Å²) in [5.74, 6) is 0. The van der Waals surface area contributed by atoms with Crippen LogP contribution in [0.25, 0.3) is 0 Å². The highest BCUT2D eigenvalue weighted by Gasteiger charge is 2.01. The van der Waals surface area contributed by atoms with Gasteiger partial charge in [-0.2, -0.15) is 0 Å². The topological polar surface area (TPSA) is 48.6 Å². The minimum atomic E-state index is -0.120. The molecule has 16 heavy (non-hydrogen) atoms. The summed E-state index contributed by atoms with van der Waals surface area (Å²) in [6.07, 6.45) is 2.28. The Labute approximate surface area is 98.2 Å². The fourth-order valence-electron chi connectivity index (χ4n) is 1.61. The second kappa shape index (κ2) is 4.45. The molecule has 1 heterocycles. The van der Waals surface area contributed by atoms with E-state index in [2.05, 4.69) is 16.0 Å². The highest BCUT2D eigenvalue weighted by atomic mass is 32.1. The van der Waals surface area contributed by atoms with Gasteiger partial charge in [-0.15, -0.1) is 0 Å². The van der Waals surface area contributed by atoms with Crippen LogP contribution in [0.15, 0.2) is 35.3 Å². The number of hydrogen-bond donors (Lipinski definition) is 2. The van der Waals surface area contributed by atoms with Gasteiger partial charge in [0.15, 0.2) is 4.77 Å². The summed E-state index contributed by atoms with van der Waals surface area (Å²) in [5, 5.41) is 0. The number of hydrogen-bond acceptors (Lipinski definition) is 2. The molecule has 0 bridgehead atoms. The molecule has 0 radical (unpaired) electrons. The smallest absolute Gasteiger partial charge is 0.255 e. The minimum Gasteiger partial charge on any atom is -0.338 e. The molecule has 0 amide bonds. The van der Waals surface area contributed by atoms with Crippen LogP contribution in [0.3, 0.4) is 0 Å². The van der Waals surface area contributed by atoms with Crippen molar-refractivity contribution in [1.29, 1.82) is 0 Å². The summed E-state index contributed by atoms with van der Waals surface area (Å²) in [4.78, 5) is 17.0. The molecule has 0 aliphatic heterocycles. The Morgan fingerprint density at radius 3 is 2.88 bits per heavy atom. The van der Waals surface area contributed by atoms with Crippen molar-refractivity contribution in [3.8, 4) is 0 Å². The van der Waals surface area contributed by atoms with E-state index < -0.39 is 0 Å². The zero-order chi connectivity index (χ0) is 11.5. The number of benzene rings is 1. The molecular weight excluding hydrogens is 220 g/mol. The van der Waals surface area contributed by atoms with Crippen LogP contribution < -0.4 is 5.56 Å². The monoisotopic (exact) mass is 232 g/mol. The van der Waals surface area contributed by atoms with Crippen molar-refractivity contribution >= 4 is 12.2 Å². The largest absolute Gasteiger partial charge is 0.338 e. The van der Waals surface area contributed by atoms with Crippen LogP contribution >= 0.6 is 12.2 Å². The van der Waals surface area contributed by atoms with Gasteiger partial charge in [0, 0.05) is 18.2 Å². The van der Waals surface area contributed by atoms with Crippen LogP contribution in [0.2, 0.25) is 0 Å². The standard InChI is InChI=1S/C12H12N2OS/c1-8-3-2-4-9(5-8)6-10-7-13-12(16)14-11(10)15/h2-5,7H,6H2,1H3,(H2,13,14,15,16). The molecule has 2 rings (SSSR count). The maximum atomic E-state index is 11.6. The molecule has 0 saturated heterocycles. The second-order valence-corrected chi connectivity index (χ2v) is 4.17. The summed E-state index contributed by atoms with van der Waals surface area (Å²) in [6, 6.07) is 8.10. The van der Waals surface area contributed by atoms with Gasteiger partial charge in [-0.05, 0) is 24.7 Å². The molecule has 0 unspecified atom stereocenters. The van der Waals surface area contributed by atoms with Crippen LogP contribution in [0.4, 0.5) is 0 Å². The summed E-state index contributed by atoms with van der Waals surface area (Å²) < 4.78 is 0.359. The third kappa shape index (κ3) is 2.46. The lowest BCUT2D eigenvalue weighted by molar-refractivity contribution is 1.01. The van der Waals surface area contributed by atoms with E-state index in [0.717, 1.165) is 5.56 Å². The molecule has 3 nitrogen and oxygen atoms in total. The molecule has 1 aromatic heterocycles. The van der Waals surface area contributed by atoms with Crippen molar-refractivity contribution in [1.82, 2.24) is 9.97 Å². The van der Waals surface area contributed by atoms with Crippen LogP contribution in [0.5, 0.6) is 0 Å². The van der Waals surface area contributed by atoms with Gasteiger partial charge in [-0.25, -0.2) is 0 Å². The van der Waals surface area contributed by atoms with E-state index in [1.54, 1.807) is 6.20 Å². The normalized spacial score (nSPS) is 10.3. The van der Waals surface area contributed by atoms with E-state index in [1.165, 1.54) is 5.56 Å².